The van der Waals surface area contributed by atoms with Gasteiger partial charge >= 0.3 is 0 Å². The number of allylic oxidation sites excluding steroid dienone is 1. The Labute approximate surface area is 145 Å². The van der Waals surface area contributed by atoms with Gasteiger partial charge in [-0.05, 0) is 50.7 Å². The lowest BCUT2D eigenvalue weighted by Gasteiger charge is -2.33. The average molecular weight is 382 g/mol. The summed E-state index contributed by atoms with van der Waals surface area (Å²) in [5, 5.41) is 6.83. The Bertz CT molecular complexity index is 608. The smallest absolute Gasteiger partial charge is 0.253 e. The molecule has 1 atom stereocenters. The molecule has 1 aliphatic rings. The first-order valence-corrected chi connectivity index (χ1v) is 8.51. The van der Waals surface area contributed by atoms with Gasteiger partial charge in [-0.2, -0.15) is 0 Å². The number of likely N-dealkylation sites (N-methyl/N-ethyl adjacent to an activating group) is 1. The Kier molecular flexibility index (Phi) is 5.58. The second-order valence-corrected chi connectivity index (χ2v) is 6.42. The molecular weight excluding hydrogens is 362 g/mol. The Balaban J connectivity index is 2.45. The summed E-state index contributed by atoms with van der Waals surface area (Å²) in [6, 6.07) is 7.71. The summed E-state index contributed by atoms with van der Waals surface area (Å²) < 4.78 is 1.00. The minimum atomic E-state index is -0.227. The van der Waals surface area contributed by atoms with Crippen molar-refractivity contribution in [3.8, 4) is 0 Å². The van der Waals surface area contributed by atoms with Crippen LogP contribution in [0.3, 0.4) is 0 Å². The van der Waals surface area contributed by atoms with Gasteiger partial charge in [-0.1, -0.05) is 28.1 Å². The molecular formula is C16H20BrN3OS. The molecule has 0 fully saturated rings. The molecule has 1 heterocycles. The van der Waals surface area contributed by atoms with Gasteiger partial charge in [-0.3, -0.25) is 4.79 Å². The van der Waals surface area contributed by atoms with Crippen LogP contribution in [-0.2, 0) is 4.79 Å². The third-order valence-corrected chi connectivity index (χ3v) is 4.50. The zero-order valence-electron chi connectivity index (χ0n) is 12.9. The number of rotatable bonds is 4. The molecule has 0 aromatic heterocycles. The summed E-state index contributed by atoms with van der Waals surface area (Å²) in [6.07, 6.45) is 0. The van der Waals surface area contributed by atoms with Crippen LogP contribution in [0.2, 0.25) is 0 Å². The molecule has 118 valence electrons. The predicted octanol–water partition coefficient (Wildman–Crippen LogP) is 3.11. The van der Waals surface area contributed by atoms with Gasteiger partial charge in [0.1, 0.15) is 0 Å². The predicted molar refractivity (Wildman–Crippen MR) is 96.4 cm³/mol. The molecule has 22 heavy (non-hydrogen) atoms. The van der Waals surface area contributed by atoms with Crippen molar-refractivity contribution in [2.45, 2.75) is 26.8 Å². The topological polar surface area (TPSA) is 44.4 Å². The molecule has 1 amide bonds. The lowest BCUT2D eigenvalue weighted by atomic mass is 9.94. The van der Waals surface area contributed by atoms with E-state index in [1.807, 2.05) is 49.9 Å². The highest BCUT2D eigenvalue weighted by molar-refractivity contribution is 9.10. The SMILES string of the molecule is CCN(CC)C(=O)C1=C(C)NC(=S)N[C@H]1c1ccc(Br)cc1. The first-order valence-electron chi connectivity index (χ1n) is 7.30. The number of benzene rings is 1. The maximum Gasteiger partial charge on any atom is 0.253 e. The molecule has 6 heteroatoms. The van der Waals surface area contributed by atoms with Crippen molar-refractivity contribution < 1.29 is 4.79 Å². The van der Waals surface area contributed by atoms with Crippen LogP contribution >= 0.6 is 28.1 Å². The zero-order chi connectivity index (χ0) is 16.3. The first kappa shape index (κ1) is 17.0. The van der Waals surface area contributed by atoms with Crippen molar-refractivity contribution in [1.29, 1.82) is 0 Å². The van der Waals surface area contributed by atoms with E-state index in [2.05, 4.69) is 26.6 Å². The molecule has 0 saturated carbocycles. The Morgan fingerprint density at radius 3 is 2.41 bits per heavy atom. The molecule has 2 N–H and O–H groups in total. The lowest BCUT2D eigenvalue weighted by Crippen LogP contribution is -2.47. The van der Waals surface area contributed by atoms with Crippen LogP contribution in [-0.4, -0.2) is 29.0 Å². The third kappa shape index (κ3) is 3.50. The fraction of sp³-hybridized carbons (Fsp3) is 0.375. The van der Waals surface area contributed by atoms with E-state index < -0.39 is 0 Å². The van der Waals surface area contributed by atoms with Gasteiger partial charge < -0.3 is 15.5 Å². The minimum absolute atomic E-state index is 0.0397. The molecule has 1 aliphatic heterocycles. The quantitative estimate of drug-likeness (QED) is 0.786. The van der Waals surface area contributed by atoms with E-state index >= 15 is 0 Å². The molecule has 1 aromatic rings. The van der Waals surface area contributed by atoms with Crippen molar-refractivity contribution in [3.05, 3.63) is 45.6 Å². The highest BCUT2D eigenvalue weighted by atomic mass is 79.9. The monoisotopic (exact) mass is 381 g/mol. The second kappa shape index (κ2) is 7.24. The van der Waals surface area contributed by atoms with Gasteiger partial charge in [-0.25, -0.2) is 0 Å². The van der Waals surface area contributed by atoms with Crippen molar-refractivity contribution in [2.75, 3.05) is 13.1 Å². The van der Waals surface area contributed by atoms with Crippen LogP contribution in [0.1, 0.15) is 32.4 Å². The fourth-order valence-corrected chi connectivity index (χ4v) is 3.10. The maximum atomic E-state index is 12.9. The average Bonchev–Trinajstić information content (AvgIpc) is 2.48. The zero-order valence-corrected chi connectivity index (χ0v) is 15.3. The molecule has 0 spiro atoms. The Hall–Kier alpha value is -1.40. The summed E-state index contributed by atoms with van der Waals surface area (Å²) in [7, 11) is 0. The molecule has 2 rings (SSSR count). The van der Waals surface area contributed by atoms with Crippen LogP contribution in [0, 0.1) is 0 Å². The van der Waals surface area contributed by atoms with Crippen LogP contribution in [0.15, 0.2) is 40.0 Å². The van der Waals surface area contributed by atoms with Gasteiger partial charge in [-0.15, -0.1) is 0 Å². The number of halogens is 1. The summed E-state index contributed by atoms with van der Waals surface area (Å²) in [5.74, 6) is 0.0397. The van der Waals surface area contributed by atoms with E-state index in [0.29, 0.717) is 18.2 Å². The number of nitrogens with zero attached hydrogens (tertiary/aromatic N) is 1. The van der Waals surface area contributed by atoms with E-state index in [9.17, 15) is 4.79 Å². The van der Waals surface area contributed by atoms with E-state index in [0.717, 1.165) is 21.3 Å². The van der Waals surface area contributed by atoms with Gasteiger partial charge in [0.25, 0.3) is 5.91 Å². The molecule has 0 radical (unpaired) electrons. The summed E-state index contributed by atoms with van der Waals surface area (Å²) in [4.78, 5) is 14.7. The molecule has 0 saturated heterocycles. The van der Waals surface area contributed by atoms with E-state index in [-0.39, 0.29) is 11.9 Å². The van der Waals surface area contributed by atoms with E-state index in [1.165, 1.54) is 0 Å². The van der Waals surface area contributed by atoms with E-state index in [4.69, 9.17) is 12.2 Å². The summed E-state index contributed by atoms with van der Waals surface area (Å²) in [6.45, 7) is 7.24. The number of nitrogens with one attached hydrogen (secondary N) is 2. The molecule has 0 aliphatic carbocycles. The number of hydrogen-bond donors (Lipinski definition) is 2. The molecule has 0 unspecified atom stereocenters. The Morgan fingerprint density at radius 2 is 1.86 bits per heavy atom. The van der Waals surface area contributed by atoms with Crippen molar-refractivity contribution in [1.82, 2.24) is 15.5 Å². The van der Waals surface area contributed by atoms with Gasteiger partial charge in [0, 0.05) is 23.3 Å². The third-order valence-electron chi connectivity index (χ3n) is 3.75. The van der Waals surface area contributed by atoms with Gasteiger partial charge in [0.2, 0.25) is 0 Å². The van der Waals surface area contributed by atoms with Gasteiger partial charge in [0.05, 0.1) is 11.6 Å². The fourth-order valence-electron chi connectivity index (χ4n) is 2.56. The Morgan fingerprint density at radius 1 is 1.27 bits per heavy atom. The van der Waals surface area contributed by atoms with Crippen molar-refractivity contribution in [3.63, 3.8) is 0 Å². The minimum Gasteiger partial charge on any atom is -0.351 e. The number of hydrogen-bond acceptors (Lipinski definition) is 2. The number of amides is 1. The highest BCUT2D eigenvalue weighted by Gasteiger charge is 2.31. The van der Waals surface area contributed by atoms with Gasteiger partial charge in [0.15, 0.2) is 5.11 Å². The maximum absolute atomic E-state index is 12.9. The largest absolute Gasteiger partial charge is 0.351 e. The second-order valence-electron chi connectivity index (χ2n) is 5.10. The van der Waals surface area contributed by atoms with E-state index in [1.54, 1.807) is 0 Å². The number of carbonyl (C=O) groups excluding carboxylic acids is 1. The summed E-state index contributed by atoms with van der Waals surface area (Å²) in [5.41, 5.74) is 2.55. The first-order chi connectivity index (χ1) is 10.5. The van der Waals surface area contributed by atoms with Crippen LogP contribution in [0.4, 0.5) is 0 Å². The van der Waals surface area contributed by atoms with Crippen molar-refractivity contribution in [2.24, 2.45) is 0 Å². The highest BCUT2D eigenvalue weighted by Crippen LogP contribution is 2.29. The molecule has 4 nitrogen and oxygen atoms in total. The standard InChI is InChI=1S/C16H20BrN3OS/c1-4-20(5-2)15(21)13-10(3)18-16(22)19-14(13)11-6-8-12(17)9-7-11/h6-9,14H,4-5H2,1-3H3,(H2,18,19,22)/t14-/m0/s1. The number of thiocarbonyl (C=S) groups is 1. The van der Waals surface area contributed by atoms with Crippen LogP contribution in [0.5, 0.6) is 0 Å². The lowest BCUT2D eigenvalue weighted by molar-refractivity contribution is -0.127. The van der Waals surface area contributed by atoms with Crippen LogP contribution < -0.4 is 10.6 Å². The summed E-state index contributed by atoms with van der Waals surface area (Å²) >= 11 is 8.69. The number of carbonyl (C=O) groups is 1. The normalized spacial score (nSPS) is 17.8. The molecule has 1 aromatic carbocycles. The van der Waals surface area contributed by atoms with Crippen LogP contribution in [0.25, 0.3) is 0 Å². The van der Waals surface area contributed by atoms with Crippen molar-refractivity contribution >= 4 is 39.2 Å². The molecule has 0 bridgehead atoms.